The molecule has 0 heterocycles. The minimum absolute atomic E-state index is 0.0115. The average molecular weight is 342 g/mol. The van der Waals surface area contributed by atoms with Gasteiger partial charge >= 0.3 is 0 Å². The molecule has 6 heteroatoms. The van der Waals surface area contributed by atoms with Crippen molar-refractivity contribution in [3.63, 3.8) is 0 Å². The zero-order chi connectivity index (χ0) is 18.4. The number of ether oxygens (including phenoxy) is 1. The lowest BCUT2D eigenvalue weighted by Gasteiger charge is -2.25. The third-order valence-corrected chi connectivity index (χ3v) is 4.23. The minimum atomic E-state index is -0.443. The van der Waals surface area contributed by atoms with Crippen LogP contribution in [0.15, 0.2) is 48.5 Å². The summed E-state index contributed by atoms with van der Waals surface area (Å²) in [6.45, 7) is 3.82. The van der Waals surface area contributed by atoms with Crippen molar-refractivity contribution in [1.82, 2.24) is 4.90 Å². The zero-order valence-electron chi connectivity index (χ0n) is 14.6. The number of carbonyl (C=O) groups is 1. The van der Waals surface area contributed by atoms with Crippen LogP contribution < -0.4 is 4.74 Å². The van der Waals surface area contributed by atoms with E-state index in [4.69, 9.17) is 4.74 Å². The molecule has 0 radical (unpaired) electrons. The molecule has 6 nitrogen and oxygen atoms in total. The first-order chi connectivity index (χ1) is 11.9. The molecule has 2 rings (SSSR count). The fraction of sp³-hybridized carbons (Fsp3) is 0.316. The normalized spacial score (nSPS) is 11.6. The predicted octanol–water partition coefficient (Wildman–Crippen LogP) is 3.76. The van der Waals surface area contributed by atoms with E-state index in [1.165, 1.54) is 22.6 Å². The maximum atomic E-state index is 12.3. The number of nitro groups is 1. The van der Waals surface area contributed by atoms with Crippen LogP contribution in [0.25, 0.3) is 0 Å². The Morgan fingerprint density at radius 2 is 1.92 bits per heavy atom. The van der Waals surface area contributed by atoms with E-state index in [0.717, 1.165) is 6.42 Å². The van der Waals surface area contributed by atoms with E-state index >= 15 is 0 Å². The Morgan fingerprint density at radius 3 is 2.52 bits per heavy atom. The van der Waals surface area contributed by atoms with E-state index in [-0.39, 0.29) is 24.2 Å². The van der Waals surface area contributed by atoms with Gasteiger partial charge in [0.25, 0.3) is 11.6 Å². The molecule has 0 spiro atoms. The maximum absolute atomic E-state index is 12.3. The first-order valence-corrected chi connectivity index (χ1v) is 8.14. The number of benzene rings is 2. The molecule has 25 heavy (non-hydrogen) atoms. The van der Waals surface area contributed by atoms with Gasteiger partial charge in [-0.2, -0.15) is 0 Å². The number of amides is 1. The Bertz CT molecular complexity index is 743. The molecule has 0 unspecified atom stereocenters. The highest BCUT2D eigenvalue weighted by molar-refractivity contribution is 5.78. The van der Waals surface area contributed by atoms with Crippen molar-refractivity contribution in [3.8, 4) is 5.75 Å². The number of hydrogen-bond donors (Lipinski definition) is 0. The Kier molecular flexibility index (Phi) is 6.11. The number of hydrogen-bond acceptors (Lipinski definition) is 4. The summed E-state index contributed by atoms with van der Waals surface area (Å²) in [7, 11) is 1.66. The Balaban J connectivity index is 1.98. The molecular formula is C19H22N2O4. The summed E-state index contributed by atoms with van der Waals surface area (Å²) in [6.07, 6.45) is 0.947. The topological polar surface area (TPSA) is 72.7 Å². The van der Waals surface area contributed by atoms with Crippen LogP contribution in [-0.4, -0.2) is 29.4 Å². The highest BCUT2D eigenvalue weighted by Gasteiger charge is 2.19. The lowest BCUT2D eigenvalue weighted by molar-refractivity contribution is -0.384. The van der Waals surface area contributed by atoms with Crippen molar-refractivity contribution < 1.29 is 14.5 Å². The first kappa shape index (κ1) is 18.4. The molecule has 0 saturated carbocycles. The van der Waals surface area contributed by atoms with Crippen LogP contribution >= 0.6 is 0 Å². The zero-order valence-corrected chi connectivity index (χ0v) is 14.6. The smallest absolute Gasteiger partial charge is 0.269 e. The second-order valence-electron chi connectivity index (χ2n) is 5.82. The third kappa shape index (κ3) is 4.79. The van der Waals surface area contributed by atoms with Crippen molar-refractivity contribution in [2.45, 2.75) is 26.3 Å². The second-order valence-corrected chi connectivity index (χ2v) is 5.82. The molecule has 132 valence electrons. The van der Waals surface area contributed by atoms with Crippen LogP contribution in [0.1, 0.15) is 31.0 Å². The van der Waals surface area contributed by atoms with Gasteiger partial charge in [0, 0.05) is 19.2 Å². The summed E-state index contributed by atoms with van der Waals surface area (Å²) in [5.41, 5.74) is 1.92. The molecule has 1 amide bonds. The van der Waals surface area contributed by atoms with Crippen LogP contribution in [0.4, 0.5) is 5.69 Å². The first-order valence-electron chi connectivity index (χ1n) is 8.14. The standard InChI is InChI=1S/C19H22N2O4/c1-4-15-8-10-18(11-9-15)25-13-19(22)20(3)14(2)16-6-5-7-17(12-16)21(23)24/h5-12,14H,4,13H2,1-3H3/t14-/m0/s1. The van der Waals surface area contributed by atoms with Crippen molar-refractivity contribution in [2.24, 2.45) is 0 Å². The highest BCUT2D eigenvalue weighted by atomic mass is 16.6. The Hall–Kier alpha value is -2.89. The number of non-ortho nitro benzene ring substituents is 1. The molecular weight excluding hydrogens is 320 g/mol. The van der Waals surface area contributed by atoms with E-state index in [1.54, 1.807) is 19.2 Å². The molecule has 2 aromatic carbocycles. The number of rotatable bonds is 7. The third-order valence-electron chi connectivity index (χ3n) is 4.23. The van der Waals surface area contributed by atoms with E-state index in [2.05, 4.69) is 6.92 Å². The van der Waals surface area contributed by atoms with E-state index < -0.39 is 4.92 Å². The monoisotopic (exact) mass is 342 g/mol. The summed E-state index contributed by atoms with van der Waals surface area (Å²) < 4.78 is 5.54. The van der Waals surface area contributed by atoms with E-state index in [1.807, 2.05) is 31.2 Å². The van der Waals surface area contributed by atoms with Crippen molar-refractivity contribution >= 4 is 11.6 Å². The maximum Gasteiger partial charge on any atom is 0.269 e. The molecule has 0 fully saturated rings. The van der Waals surface area contributed by atoms with Gasteiger partial charge in [0.1, 0.15) is 5.75 Å². The molecule has 0 aliphatic carbocycles. The number of likely N-dealkylation sites (N-methyl/N-ethyl adjacent to an activating group) is 1. The van der Waals surface area contributed by atoms with Crippen LogP contribution in [0.3, 0.4) is 0 Å². The summed E-state index contributed by atoms with van der Waals surface area (Å²) >= 11 is 0. The van der Waals surface area contributed by atoms with Crippen molar-refractivity contribution in [2.75, 3.05) is 13.7 Å². The van der Waals surface area contributed by atoms with Gasteiger partial charge in [-0.25, -0.2) is 0 Å². The van der Waals surface area contributed by atoms with Crippen LogP contribution in [0.5, 0.6) is 5.75 Å². The Morgan fingerprint density at radius 1 is 1.24 bits per heavy atom. The predicted molar refractivity (Wildman–Crippen MR) is 95.6 cm³/mol. The van der Waals surface area contributed by atoms with Crippen LogP contribution in [-0.2, 0) is 11.2 Å². The lowest BCUT2D eigenvalue weighted by Crippen LogP contribution is -2.33. The Labute approximate surface area is 147 Å². The SMILES string of the molecule is CCc1ccc(OCC(=O)N(C)[C@@H](C)c2cccc([N+](=O)[O-])c2)cc1. The van der Waals surface area contributed by atoms with Crippen LogP contribution in [0.2, 0.25) is 0 Å². The molecule has 1 atom stereocenters. The molecule has 0 bridgehead atoms. The second kappa shape index (κ2) is 8.28. The van der Waals surface area contributed by atoms with Gasteiger partial charge in [-0.05, 0) is 36.6 Å². The molecule has 0 N–H and O–H groups in total. The molecule has 0 saturated heterocycles. The average Bonchev–Trinajstić information content (AvgIpc) is 2.65. The fourth-order valence-electron chi connectivity index (χ4n) is 2.41. The summed E-state index contributed by atoms with van der Waals surface area (Å²) in [5.74, 6) is 0.445. The number of nitrogens with zero attached hydrogens (tertiary/aromatic N) is 2. The largest absolute Gasteiger partial charge is 0.484 e. The summed E-state index contributed by atoms with van der Waals surface area (Å²) in [4.78, 5) is 24.3. The lowest BCUT2D eigenvalue weighted by atomic mass is 10.1. The van der Waals surface area contributed by atoms with E-state index in [0.29, 0.717) is 11.3 Å². The number of nitro benzene ring substituents is 1. The van der Waals surface area contributed by atoms with Crippen molar-refractivity contribution in [3.05, 3.63) is 69.8 Å². The fourth-order valence-corrected chi connectivity index (χ4v) is 2.41. The molecule has 0 aliphatic heterocycles. The quantitative estimate of drug-likeness (QED) is 0.567. The number of aryl methyl sites for hydroxylation is 1. The van der Waals surface area contributed by atoms with Gasteiger partial charge in [0.15, 0.2) is 6.61 Å². The summed E-state index contributed by atoms with van der Waals surface area (Å²) in [6, 6.07) is 13.6. The van der Waals surface area contributed by atoms with Gasteiger partial charge in [0.2, 0.25) is 0 Å². The molecule has 0 aromatic heterocycles. The molecule has 2 aromatic rings. The van der Waals surface area contributed by atoms with Crippen molar-refractivity contribution in [1.29, 1.82) is 0 Å². The number of carbonyl (C=O) groups excluding carboxylic acids is 1. The van der Waals surface area contributed by atoms with Gasteiger partial charge in [0.05, 0.1) is 11.0 Å². The summed E-state index contributed by atoms with van der Waals surface area (Å²) in [5, 5.41) is 10.9. The highest BCUT2D eigenvalue weighted by Crippen LogP contribution is 2.23. The van der Waals surface area contributed by atoms with Crippen LogP contribution in [0, 0.1) is 10.1 Å². The van der Waals surface area contributed by atoms with Gasteiger partial charge in [-0.3, -0.25) is 14.9 Å². The van der Waals surface area contributed by atoms with Gasteiger partial charge < -0.3 is 9.64 Å². The van der Waals surface area contributed by atoms with E-state index in [9.17, 15) is 14.9 Å². The van der Waals surface area contributed by atoms with Gasteiger partial charge in [-0.1, -0.05) is 31.2 Å². The minimum Gasteiger partial charge on any atom is -0.484 e. The van der Waals surface area contributed by atoms with Gasteiger partial charge in [-0.15, -0.1) is 0 Å². The molecule has 0 aliphatic rings.